The predicted molar refractivity (Wildman–Crippen MR) is 90.7 cm³/mol. The van der Waals surface area contributed by atoms with E-state index in [1.54, 1.807) is 5.56 Å². The lowest BCUT2D eigenvalue weighted by Gasteiger charge is -2.35. The average Bonchev–Trinajstić information content (AvgIpc) is 2.47. The molecular formula is C18H27NS. The third kappa shape index (κ3) is 3.67. The van der Waals surface area contributed by atoms with Crippen LogP contribution >= 0.6 is 11.8 Å². The number of fused-ring (bicyclic) bond motifs is 1. The van der Waals surface area contributed by atoms with E-state index in [9.17, 15) is 0 Å². The van der Waals surface area contributed by atoms with Crippen LogP contribution in [0.1, 0.15) is 37.8 Å². The van der Waals surface area contributed by atoms with Crippen molar-refractivity contribution in [3.05, 3.63) is 42.0 Å². The maximum absolute atomic E-state index is 3.90. The minimum atomic E-state index is 0.707. The molecule has 0 N–H and O–H groups in total. The summed E-state index contributed by atoms with van der Waals surface area (Å²) in [5.41, 5.74) is 3.05. The van der Waals surface area contributed by atoms with Crippen molar-refractivity contribution in [2.45, 2.75) is 50.5 Å². The summed E-state index contributed by atoms with van der Waals surface area (Å²) >= 11 is 2.04. The number of allylic oxidation sites excluding steroid dienone is 1. The Morgan fingerprint density at radius 2 is 2.05 bits per heavy atom. The van der Waals surface area contributed by atoms with Gasteiger partial charge in [-0.2, -0.15) is 0 Å². The van der Waals surface area contributed by atoms with Crippen LogP contribution in [0.5, 0.6) is 0 Å². The fourth-order valence-electron chi connectivity index (χ4n) is 3.09. The molecule has 0 radical (unpaired) electrons. The molecule has 1 aliphatic rings. The number of rotatable bonds is 7. The van der Waals surface area contributed by atoms with Gasteiger partial charge in [-0.1, -0.05) is 32.1 Å². The Kier molecular flexibility index (Phi) is 6.18. The van der Waals surface area contributed by atoms with Gasteiger partial charge in [-0.05, 0) is 56.0 Å². The summed E-state index contributed by atoms with van der Waals surface area (Å²) in [5, 5.41) is 0. The Hall–Kier alpha value is -0.730. The third-order valence-electron chi connectivity index (χ3n) is 4.00. The van der Waals surface area contributed by atoms with E-state index in [-0.39, 0.29) is 0 Å². The molecule has 1 aromatic rings. The molecule has 1 aromatic carbocycles. The number of hydrogen-bond donors (Lipinski definition) is 0. The topological polar surface area (TPSA) is 3.24 Å². The summed E-state index contributed by atoms with van der Waals surface area (Å²) < 4.78 is 0. The fourth-order valence-corrected chi connectivity index (χ4v) is 4.36. The van der Waals surface area contributed by atoms with Crippen LogP contribution in [-0.2, 0) is 12.8 Å². The minimum absolute atomic E-state index is 0.707. The SMILES string of the molecule is C=CCc1cccc2c1CC(N(CCC)CCC)CS2. The zero-order chi connectivity index (χ0) is 14.4. The van der Waals surface area contributed by atoms with Crippen LogP contribution in [0, 0.1) is 0 Å². The van der Waals surface area contributed by atoms with Gasteiger partial charge in [-0.25, -0.2) is 0 Å². The Morgan fingerprint density at radius 3 is 2.70 bits per heavy atom. The molecule has 1 atom stereocenters. The summed E-state index contributed by atoms with van der Waals surface area (Å²) in [6.07, 6.45) is 6.74. The molecule has 110 valence electrons. The van der Waals surface area contributed by atoms with Crippen LogP contribution in [0.25, 0.3) is 0 Å². The Labute approximate surface area is 128 Å². The second kappa shape index (κ2) is 7.90. The first-order chi connectivity index (χ1) is 9.80. The summed E-state index contributed by atoms with van der Waals surface area (Å²) in [5.74, 6) is 1.24. The molecule has 0 amide bonds. The summed E-state index contributed by atoms with van der Waals surface area (Å²) in [4.78, 5) is 4.19. The van der Waals surface area contributed by atoms with Crippen LogP contribution < -0.4 is 0 Å². The highest BCUT2D eigenvalue weighted by Crippen LogP contribution is 2.34. The van der Waals surface area contributed by atoms with Crippen LogP contribution in [-0.4, -0.2) is 29.8 Å². The highest BCUT2D eigenvalue weighted by Gasteiger charge is 2.25. The van der Waals surface area contributed by atoms with Gasteiger partial charge < -0.3 is 0 Å². The van der Waals surface area contributed by atoms with E-state index in [1.807, 2.05) is 17.8 Å². The number of hydrogen-bond acceptors (Lipinski definition) is 2. The van der Waals surface area contributed by atoms with Crippen molar-refractivity contribution >= 4 is 11.8 Å². The lowest BCUT2D eigenvalue weighted by Crippen LogP contribution is -2.41. The van der Waals surface area contributed by atoms with Crippen molar-refractivity contribution in [1.82, 2.24) is 4.90 Å². The van der Waals surface area contributed by atoms with Gasteiger partial charge in [0.2, 0.25) is 0 Å². The van der Waals surface area contributed by atoms with Crippen molar-refractivity contribution in [3.63, 3.8) is 0 Å². The Balaban J connectivity index is 2.17. The van der Waals surface area contributed by atoms with E-state index in [0.717, 1.165) is 6.42 Å². The summed E-state index contributed by atoms with van der Waals surface area (Å²) in [7, 11) is 0. The molecule has 1 heterocycles. The molecule has 0 saturated heterocycles. The monoisotopic (exact) mass is 289 g/mol. The standard InChI is InChI=1S/C18H27NS/c1-4-8-15-9-7-10-18-17(15)13-16(14-20-18)19(11-5-2)12-6-3/h4,7,9-10,16H,1,5-6,8,11-14H2,2-3H3. The minimum Gasteiger partial charge on any atom is -0.299 e. The zero-order valence-electron chi connectivity index (χ0n) is 12.9. The zero-order valence-corrected chi connectivity index (χ0v) is 13.7. The molecule has 0 aromatic heterocycles. The van der Waals surface area contributed by atoms with Crippen LogP contribution in [0.15, 0.2) is 35.7 Å². The molecular weight excluding hydrogens is 262 g/mol. The van der Waals surface area contributed by atoms with Gasteiger partial charge in [0.1, 0.15) is 0 Å². The van der Waals surface area contributed by atoms with Crippen LogP contribution in [0.2, 0.25) is 0 Å². The van der Waals surface area contributed by atoms with E-state index in [4.69, 9.17) is 0 Å². The first-order valence-corrected chi connectivity index (χ1v) is 8.87. The molecule has 20 heavy (non-hydrogen) atoms. The normalized spacial score (nSPS) is 18.1. The van der Waals surface area contributed by atoms with Gasteiger partial charge in [0.25, 0.3) is 0 Å². The molecule has 1 aliphatic heterocycles. The van der Waals surface area contributed by atoms with Crippen molar-refractivity contribution in [3.8, 4) is 0 Å². The number of thioether (sulfide) groups is 1. The molecule has 1 unspecified atom stereocenters. The van der Waals surface area contributed by atoms with Gasteiger partial charge in [-0.3, -0.25) is 4.90 Å². The molecule has 0 fully saturated rings. The largest absolute Gasteiger partial charge is 0.299 e. The highest BCUT2D eigenvalue weighted by molar-refractivity contribution is 7.99. The molecule has 0 bridgehead atoms. The predicted octanol–water partition coefficient (Wildman–Crippen LogP) is 4.55. The molecule has 0 saturated carbocycles. The summed E-state index contributed by atoms with van der Waals surface area (Å²) in [6, 6.07) is 7.46. The van der Waals surface area contributed by atoms with Crippen molar-refractivity contribution in [2.24, 2.45) is 0 Å². The first kappa shape index (κ1) is 15.7. The van der Waals surface area contributed by atoms with Crippen LogP contribution in [0.4, 0.5) is 0 Å². The van der Waals surface area contributed by atoms with Crippen molar-refractivity contribution in [1.29, 1.82) is 0 Å². The Morgan fingerprint density at radius 1 is 1.30 bits per heavy atom. The van der Waals surface area contributed by atoms with E-state index in [0.29, 0.717) is 6.04 Å². The molecule has 2 heteroatoms. The second-order valence-corrected chi connectivity index (χ2v) is 6.65. The maximum Gasteiger partial charge on any atom is 0.0230 e. The van der Waals surface area contributed by atoms with Crippen molar-refractivity contribution in [2.75, 3.05) is 18.8 Å². The molecule has 0 aliphatic carbocycles. The van der Waals surface area contributed by atoms with Gasteiger partial charge >= 0.3 is 0 Å². The van der Waals surface area contributed by atoms with E-state index in [2.05, 4.69) is 43.5 Å². The van der Waals surface area contributed by atoms with Gasteiger partial charge in [0.05, 0.1) is 0 Å². The van der Waals surface area contributed by atoms with Crippen LogP contribution in [0.3, 0.4) is 0 Å². The smallest absolute Gasteiger partial charge is 0.0230 e. The number of benzene rings is 1. The summed E-state index contributed by atoms with van der Waals surface area (Å²) in [6.45, 7) is 10.9. The highest BCUT2D eigenvalue weighted by atomic mass is 32.2. The van der Waals surface area contributed by atoms with Gasteiger partial charge in [-0.15, -0.1) is 18.3 Å². The molecule has 2 rings (SSSR count). The second-order valence-electron chi connectivity index (χ2n) is 5.59. The maximum atomic E-state index is 3.90. The van der Waals surface area contributed by atoms with E-state index in [1.165, 1.54) is 48.6 Å². The quantitative estimate of drug-likeness (QED) is 0.677. The van der Waals surface area contributed by atoms with Crippen molar-refractivity contribution < 1.29 is 0 Å². The van der Waals surface area contributed by atoms with E-state index < -0.39 is 0 Å². The first-order valence-electron chi connectivity index (χ1n) is 7.88. The lowest BCUT2D eigenvalue weighted by molar-refractivity contribution is 0.209. The average molecular weight is 289 g/mol. The Bertz CT molecular complexity index is 435. The van der Waals surface area contributed by atoms with E-state index >= 15 is 0 Å². The van der Waals surface area contributed by atoms with Gasteiger partial charge in [0.15, 0.2) is 0 Å². The lowest BCUT2D eigenvalue weighted by atomic mass is 9.97. The third-order valence-corrected chi connectivity index (χ3v) is 5.25. The van der Waals surface area contributed by atoms with Gasteiger partial charge in [0, 0.05) is 16.7 Å². The number of nitrogens with zero attached hydrogens (tertiary/aromatic N) is 1. The molecule has 0 spiro atoms. The molecule has 1 nitrogen and oxygen atoms in total. The fraction of sp³-hybridized carbons (Fsp3) is 0.556.